The molecule has 0 bridgehead atoms. The van der Waals surface area contributed by atoms with Crippen LogP contribution in [0.5, 0.6) is 0 Å². The molecule has 0 aliphatic rings. The van der Waals surface area contributed by atoms with Crippen molar-refractivity contribution in [3.63, 3.8) is 0 Å². The molecule has 0 amide bonds. The van der Waals surface area contributed by atoms with E-state index in [1.165, 1.54) is 5.56 Å². The van der Waals surface area contributed by atoms with Gasteiger partial charge in [0.05, 0.1) is 0 Å². The molecule has 0 fully saturated rings. The summed E-state index contributed by atoms with van der Waals surface area (Å²) in [6.45, 7) is 6.79. The van der Waals surface area contributed by atoms with Gasteiger partial charge in [-0.05, 0) is 29.0 Å². The number of benzene rings is 1. The van der Waals surface area contributed by atoms with Crippen molar-refractivity contribution in [2.45, 2.75) is 26.2 Å². The van der Waals surface area contributed by atoms with Gasteiger partial charge >= 0.3 is 0 Å². The minimum Gasteiger partial charge on any atom is -0.0925 e. The molecule has 0 saturated heterocycles. The van der Waals surface area contributed by atoms with Crippen LogP contribution < -0.4 is 0 Å². The van der Waals surface area contributed by atoms with Gasteiger partial charge in [-0.25, -0.2) is 0 Å². The van der Waals surface area contributed by atoms with Crippen LogP contribution in [0.4, 0.5) is 0 Å². The number of hydrogen-bond acceptors (Lipinski definition) is 0. The fourth-order valence-corrected chi connectivity index (χ4v) is 2.29. The van der Waals surface area contributed by atoms with E-state index in [4.69, 9.17) is 11.6 Å². The number of rotatable bonds is 3. The number of alkyl halides is 1. The zero-order valence-corrected chi connectivity index (χ0v) is 11.2. The Morgan fingerprint density at radius 1 is 1.29 bits per heavy atom. The predicted octanol–water partition coefficient (Wildman–Crippen LogP) is 4.65. The monoisotopic (exact) mass is 274 g/mol. The fourth-order valence-electron chi connectivity index (χ4n) is 1.36. The van der Waals surface area contributed by atoms with E-state index >= 15 is 0 Å². The van der Waals surface area contributed by atoms with Gasteiger partial charge in [-0.2, -0.15) is 0 Å². The molecule has 1 atom stereocenters. The summed E-state index contributed by atoms with van der Waals surface area (Å²) in [5.74, 6) is 0.601. The molecular weight excluding hydrogens is 259 g/mol. The Kier molecular flexibility index (Phi) is 4.03. The van der Waals surface area contributed by atoms with E-state index in [0.29, 0.717) is 5.92 Å². The first-order valence-corrected chi connectivity index (χ1v) is 6.30. The molecule has 2 heteroatoms. The summed E-state index contributed by atoms with van der Waals surface area (Å²) in [6, 6.07) is 8.14. The maximum Gasteiger partial charge on any atom is 0.0406 e. The summed E-state index contributed by atoms with van der Waals surface area (Å²) in [7, 11) is 0. The maximum absolute atomic E-state index is 5.87. The van der Waals surface area contributed by atoms with E-state index in [1.54, 1.807) is 0 Å². The lowest BCUT2D eigenvalue weighted by atomic mass is 9.75. The summed E-state index contributed by atoms with van der Waals surface area (Å²) < 4.78 is 0. The molecule has 1 rings (SSSR count). The predicted molar refractivity (Wildman–Crippen MR) is 67.4 cm³/mol. The highest BCUT2D eigenvalue weighted by Crippen LogP contribution is 2.33. The molecule has 0 spiro atoms. The van der Waals surface area contributed by atoms with Crippen LogP contribution in [0.25, 0.3) is 0 Å². The van der Waals surface area contributed by atoms with Gasteiger partial charge in [-0.1, -0.05) is 60.4 Å². The van der Waals surface area contributed by atoms with E-state index in [-0.39, 0.29) is 5.41 Å². The highest BCUT2D eigenvalue weighted by atomic mass is 79.9. The molecule has 78 valence electrons. The molecule has 14 heavy (non-hydrogen) atoms. The Balaban J connectivity index is 2.97. The second-order valence-corrected chi connectivity index (χ2v) is 5.37. The third-order valence-electron chi connectivity index (χ3n) is 3.05. The highest BCUT2D eigenvalue weighted by Gasteiger charge is 2.26. The van der Waals surface area contributed by atoms with E-state index in [9.17, 15) is 0 Å². The first-order chi connectivity index (χ1) is 6.48. The summed E-state index contributed by atoms with van der Waals surface area (Å²) in [5, 5.41) is 1.82. The second-order valence-electron chi connectivity index (χ2n) is 4.28. The SMILES string of the molecule is CC(CBr)C(C)(C)c1ccc(Cl)cc1. The van der Waals surface area contributed by atoms with Crippen molar-refractivity contribution >= 4 is 27.5 Å². The van der Waals surface area contributed by atoms with Crippen LogP contribution in [0.15, 0.2) is 24.3 Å². The molecule has 0 aromatic heterocycles. The van der Waals surface area contributed by atoms with Gasteiger partial charge in [0.25, 0.3) is 0 Å². The minimum atomic E-state index is 0.189. The Labute approximate surface area is 99.8 Å². The Morgan fingerprint density at radius 2 is 1.79 bits per heavy atom. The minimum absolute atomic E-state index is 0.189. The largest absolute Gasteiger partial charge is 0.0925 e. The average Bonchev–Trinajstić information content (AvgIpc) is 2.17. The quantitative estimate of drug-likeness (QED) is 0.705. The molecule has 0 heterocycles. The van der Waals surface area contributed by atoms with Crippen LogP contribution in [0, 0.1) is 5.92 Å². The molecule has 0 aliphatic carbocycles. The topological polar surface area (TPSA) is 0 Å². The molecule has 0 N–H and O–H groups in total. The number of halogens is 2. The lowest BCUT2D eigenvalue weighted by Crippen LogP contribution is -2.27. The van der Waals surface area contributed by atoms with Gasteiger partial charge in [0.2, 0.25) is 0 Å². The number of hydrogen-bond donors (Lipinski definition) is 0. The van der Waals surface area contributed by atoms with Crippen molar-refractivity contribution in [1.82, 2.24) is 0 Å². The van der Waals surface area contributed by atoms with E-state index < -0.39 is 0 Å². The standard InChI is InChI=1S/C12H16BrCl/c1-9(8-13)12(2,3)10-4-6-11(14)7-5-10/h4-7,9H,8H2,1-3H3. The Hall–Kier alpha value is -0.0100. The van der Waals surface area contributed by atoms with Crippen molar-refractivity contribution in [3.8, 4) is 0 Å². The molecule has 0 aliphatic heterocycles. The smallest absolute Gasteiger partial charge is 0.0406 e. The van der Waals surface area contributed by atoms with Crippen molar-refractivity contribution < 1.29 is 0 Å². The Bertz CT molecular complexity index is 290. The summed E-state index contributed by atoms with van der Waals surface area (Å²) >= 11 is 9.40. The lowest BCUT2D eigenvalue weighted by molar-refractivity contribution is 0.380. The Morgan fingerprint density at radius 3 is 2.21 bits per heavy atom. The van der Waals surface area contributed by atoms with Crippen LogP contribution >= 0.6 is 27.5 Å². The average molecular weight is 276 g/mol. The van der Waals surface area contributed by atoms with E-state index in [0.717, 1.165) is 10.4 Å². The third kappa shape index (κ3) is 2.52. The second kappa shape index (κ2) is 4.67. The molecule has 0 saturated carbocycles. The lowest BCUT2D eigenvalue weighted by Gasteiger charge is -2.31. The van der Waals surface area contributed by atoms with Crippen LogP contribution in [0.1, 0.15) is 26.3 Å². The molecule has 1 aromatic carbocycles. The highest BCUT2D eigenvalue weighted by molar-refractivity contribution is 9.09. The fraction of sp³-hybridized carbons (Fsp3) is 0.500. The zero-order valence-electron chi connectivity index (χ0n) is 8.85. The molecular formula is C12H16BrCl. The van der Waals surface area contributed by atoms with Crippen LogP contribution in [-0.4, -0.2) is 5.33 Å². The molecule has 0 nitrogen and oxygen atoms in total. The molecule has 1 unspecified atom stereocenters. The third-order valence-corrected chi connectivity index (χ3v) is 4.27. The van der Waals surface area contributed by atoms with Crippen LogP contribution in [0.2, 0.25) is 5.02 Å². The first kappa shape index (κ1) is 12.1. The van der Waals surface area contributed by atoms with Gasteiger partial charge in [0.1, 0.15) is 0 Å². The van der Waals surface area contributed by atoms with Gasteiger partial charge in [0, 0.05) is 10.4 Å². The van der Waals surface area contributed by atoms with Crippen LogP contribution in [-0.2, 0) is 5.41 Å². The summed E-state index contributed by atoms with van der Waals surface area (Å²) in [6.07, 6.45) is 0. The van der Waals surface area contributed by atoms with Crippen molar-refractivity contribution in [2.75, 3.05) is 5.33 Å². The first-order valence-electron chi connectivity index (χ1n) is 4.80. The molecule has 1 aromatic rings. The maximum atomic E-state index is 5.87. The van der Waals surface area contributed by atoms with Crippen molar-refractivity contribution in [2.24, 2.45) is 5.92 Å². The molecule has 0 radical (unpaired) electrons. The van der Waals surface area contributed by atoms with Gasteiger partial charge in [-0.3, -0.25) is 0 Å². The van der Waals surface area contributed by atoms with Crippen molar-refractivity contribution in [3.05, 3.63) is 34.9 Å². The van der Waals surface area contributed by atoms with Gasteiger partial charge in [0.15, 0.2) is 0 Å². The normalized spacial score (nSPS) is 14.1. The van der Waals surface area contributed by atoms with Crippen molar-refractivity contribution in [1.29, 1.82) is 0 Å². The van der Waals surface area contributed by atoms with Crippen LogP contribution in [0.3, 0.4) is 0 Å². The van der Waals surface area contributed by atoms with Gasteiger partial charge in [-0.15, -0.1) is 0 Å². The zero-order chi connectivity index (χ0) is 10.8. The van der Waals surface area contributed by atoms with E-state index in [1.807, 2.05) is 12.1 Å². The van der Waals surface area contributed by atoms with Gasteiger partial charge < -0.3 is 0 Å². The summed E-state index contributed by atoms with van der Waals surface area (Å²) in [4.78, 5) is 0. The van der Waals surface area contributed by atoms with E-state index in [2.05, 4.69) is 48.8 Å². The summed E-state index contributed by atoms with van der Waals surface area (Å²) in [5.41, 5.74) is 1.53.